The van der Waals surface area contributed by atoms with Crippen molar-refractivity contribution in [1.82, 2.24) is 15.2 Å². The second-order valence-corrected chi connectivity index (χ2v) is 7.53. The smallest absolute Gasteiger partial charge is 0.317 e. The van der Waals surface area contributed by atoms with Crippen molar-refractivity contribution in [2.24, 2.45) is 11.8 Å². The van der Waals surface area contributed by atoms with E-state index in [1.54, 1.807) is 12.4 Å². The minimum atomic E-state index is 0.0235. The zero-order valence-corrected chi connectivity index (χ0v) is 15.7. The average Bonchev–Trinajstić information content (AvgIpc) is 2.86. The first kappa shape index (κ1) is 19.7. The fourth-order valence-corrected chi connectivity index (χ4v) is 3.77. The highest BCUT2D eigenvalue weighted by atomic mass is 16.3. The average molecular weight is 348 g/mol. The van der Waals surface area contributed by atoms with Gasteiger partial charge in [0.1, 0.15) is 0 Å². The molecule has 0 saturated carbocycles. The van der Waals surface area contributed by atoms with E-state index < -0.39 is 0 Å². The summed E-state index contributed by atoms with van der Waals surface area (Å²) in [5.41, 5.74) is 1.17. The largest absolute Gasteiger partial charge is 0.396 e. The van der Waals surface area contributed by atoms with Crippen LogP contribution in [0.2, 0.25) is 0 Å². The van der Waals surface area contributed by atoms with Gasteiger partial charge in [-0.1, -0.05) is 26.7 Å². The van der Waals surface area contributed by atoms with Gasteiger partial charge in [-0.15, -0.1) is 0 Å². The van der Waals surface area contributed by atoms with Crippen molar-refractivity contribution in [3.8, 4) is 0 Å². The molecule has 0 radical (unpaired) electrons. The molecule has 2 unspecified atom stereocenters. The van der Waals surface area contributed by atoms with Crippen molar-refractivity contribution in [2.75, 3.05) is 19.7 Å². The number of nitrogens with one attached hydrogen (secondary N) is 1. The van der Waals surface area contributed by atoms with E-state index >= 15 is 0 Å². The predicted octanol–water partition coefficient (Wildman–Crippen LogP) is 3.75. The molecule has 1 fully saturated rings. The molecule has 25 heavy (non-hydrogen) atoms. The maximum atomic E-state index is 12.9. The second kappa shape index (κ2) is 10.4. The number of nitrogens with zero attached hydrogens (tertiary/aromatic N) is 2. The van der Waals surface area contributed by atoms with E-state index in [0.717, 1.165) is 38.6 Å². The van der Waals surface area contributed by atoms with E-state index in [1.165, 1.54) is 12.0 Å². The van der Waals surface area contributed by atoms with Gasteiger partial charge in [-0.3, -0.25) is 4.98 Å². The molecule has 0 aromatic carbocycles. The molecule has 1 aromatic rings. The molecule has 140 valence electrons. The minimum Gasteiger partial charge on any atom is -0.396 e. The summed E-state index contributed by atoms with van der Waals surface area (Å²) < 4.78 is 0. The van der Waals surface area contributed by atoms with Crippen LogP contribution in [0.25, 0.3) is 0 Å². The van der Waals surface area contributed by atoms with Crippen molar-refractivity contribution in [3.05, 3.63) is 30.1 Å². The van der Waals surface area contributed by atoms with Crippen LogP contribution in [0.15, 0.2) is 24.5 Å². The van der Waals surface area contributed by atoms with Crippen molar-refractivity contribution < 1.29 is 9.90 Å². The van der Waals surface area contributed by atoms with Crippen molar-refractivity contribution in [3.63, 3.8) is 0 Å². The molecule has 0 spiro atoms. The van der Waals surface area contributed by atoms with Gasteiger partial charge in [0, 0.05) is 32.1 Å². The number of aliphatic hydroxyl groups is 1. The maximum absolute atomic E-state index is 12.9. The van der Waals surface area contributed by atoms with E-state index in [9.17, 15) is 9.90 Å². The Morgan fingerprint density at radius 1 is 1.32 bits per heavy atom. The zero-order chi connectivity index (χ0) is 18.1. The summed E-state index contributed by atoms with van der Waals surface area (Å²) in [4.78, 5) is 19.0. The molecule has 2 atom stereocenters. The lowest BCUT2D eigenvalue weighted by molar-refractivity contribution is 0.171. The lowest BCUT2D eigenvalue weighted by atomic mass is 9.94. The van der Waals surface area contributed by atoms with E-state index in [2.05, 4.69) is 24.1 Å². The monoisotopic (exact) mass is 347 g/mol. The number of carbonyl (C=O) groups is 1. The number of amides is 2. The molecule has 1 aliphatic rings. The molecular weight excluding hydrogens is 314 g/mol. The van der Waals surface area contributed by atoms with Gasteiger partial charge in [0.2, 0.25) is 0 Å². The van der Waals surface area contributed by atoms with Crippen LogP contribution >= 0.6 is 0 Å². The summed E-state index contributed by atoms with van der Waals surface area (Å²) in [5.74, 6) is 0.900. The third-order valence-electron chi connectivity index (χ3n) is 4.99. The SMILES string of the molecule is CC(C)CC(CCO)CNC(=O)N1CCCCCC1c1ccncc1. The van der Waals surface area contributed by atoms with Gasteiger partial charge in [-0.2, -0.15) is 0 Å². The predicted molar refractivity (Wildman–Crippen MR) is 100 cm³/mol. The summed E-state index contributed by atoms with van der Waals surface area (Å²) in [6.45, 7) is 5.97. The van der Waals surface area contributed by atoms with E-state index in [4.69, 9.17) is 0 Å². The molecule has 2 rings (SSSR count). The van der Waals surface area contributed by atoms with Crippen molar-refractivity contribution in [1.29, 1.82) is 0 Å². The Morgan fingerprint density at radius 3 is 2.76 bits per heavy atom. The third kappa shape index (κ3) is 6.31. The summed E-state index contributed by atoms with van der Waals surface area (Å²) in [6, 6.07) is 4.19. The number of urea groups is 1. The molecule has 5 nitrogen and oxygen atoms in total. The van der Waals surface area contributed by atoms with Gasteiger partial charge in [0.25, 0.3) is 0 Å². The van der Waals surface area contributed by atoms with Gasteiger partial charge in [-0.25, -0.2) is 4.79 Å². The minimum absolute atomic E-state index is 0.0235. The van der Waals surface area contributed by atoms with Gasteiger partial charge in [-0.05, 0) is 55.2 Å². The number of likely N-dealkylation sites (tertiary alicyclic amines) is 1. The first-order chi connectivity index (χ1) is 12.1. The molecule has 2 N–H and O–H groups in total. The zero-order valence-electron chi connectivity index (χ0n) is 15.7. The van der Waals surface area contributed by atoms with Crippen LogP contribution in [0, 0.1) is 11.8 Å². The highest BCUT2D eigenvalue weighted by Gasteiger charge is 2.27. The molecule has 0 bridgehead atoms. The Balaban J connectivity index is 2.01. The maximum Gasteiger partial charge on any atom is 0.317 e. The van der Waals surface area contributed by atoms with Gasteiger partial charge >= 0.3 is 6.03 Å². The first-order valence-electron chi connectivity index (χ1n) is 9.67. The summed E-state index contributed by atoms with van der Waals surface area (Å²) in [5, 5.41) is 12.4. The summed E-state index contributed by atoms with van der Waals surface area (Å²) >= 11 is 0. The first-order valence-corrected chi connectivity index (χ1v) is 9.67. The highest BCUT2D eigenvalue weighted by Crippen LogP contribution is 2.29. The standard InChI is InChI=1S/C20H33N3O2/c1-16(2)14-17(9-13-24)15-22-20(25)23-12-5-3-4-6-19(23)18-7-10-21-11-8-18/h7-8,10-11,16-17,19,24H,3-6,9,12-15H2,1-2H3,(H,22,25). The lowest BCUT2D eigenvalue weighted by Crippen LogP contribution is -2.44. The summed E-state index contributed by atoms with van der Waals surface area (Å²) in [7, 11) is 0. The Labute approximate surface area is 151 Å². The normalized spacial score (nSPS) is 19.5. The number of carbonyl (C=O) groups excluding carboxylic acids is 1. The van der Waals surface area contributed by atoms with E-state index in [-0.39, 0.29) is 18.7 Å². The molecule has 1 aliphatic heterocycles. The van der Waals surface area contributed by atoms with Crippen molar-refractivity contribution >= 4 is 6.03 Å². The number of aromatic nitrogens is 1. The number of rotatable bonds is 7. The topological polar surface area (TPSA) is 65.5 Å². The van der Waals surface area contributed by atoms with Crippen LogP contribution in [0.5, 0.6) is 0 Å². The molecule has 5 heteroatoms. The fraction of sp³-hybridized carbons (Fsp3) is 0.700. The van der Waals surface area contributed by atoms with E-state index in [0.29, 0.717) is 18.4 Å². The van der Waals surface area contributed by atoms with Crippen LogP contribution in [-0.4, -0.2) is 40.7 Å². The van der Waals surface area contributed by atoms with E-state index in [1.807, 2.05) is 17.0 Å². The van der Waals surface area contributed by atoms with Crippen molar-refractivity contribution in [2.45, 2.75) is 58.4 Å². The lowest BCUT2D eigenvalue weighted by Gasteiger charge is -2.31. The fourth-order valence-electron chi connectivity index (χ4n) is 3.77. The molecule has 1 aromatic heterocycles. The molecule has 1 saturated heterocycles. The van der Waals surface area contributed by atoms with Gasteiger partial charge < -0.3 is 15.3 Å². The van der Waals surface area contributed by atoms with Crippen LogP contribution in [0.1, 0.15) is 64.0 Å². The Hall–Kier alpha value is -1.62. The van der Waals surface area contributed by atoms with Gasteiger partial charge in [0.15, 0.2) is 0 Å². The Kier molecular flexibility index (Phi) is 8.19. The Morgan fingerprint density at radius 2 is 2.08 bits per heavy atom. The second-order valence-electron chi connectivity index (χ2n) is 7.53. The van der Waals surface area contributed by atoms with Crippen LogP contribution < -0.4 is 5.32 Å². The highest BCUT2D eigenvalue weighted by molar-refractivity contribution is 5.74. The number of hydrogen-bond acceptors (Lipinski definition) is 3. The van der Waals surface area contributed by atoms with Crippen LogP contribution in [0.4, 0.5) is 4.79 Å². The third-order valence-corrected chi connectivity index (χ3v) is 4.99. The van der Waals surface area contributed by atoms with Crippen LogP contribution in [0.3, 0.4) is 0 Å². The van der Waals surface area contributed by atoms with Crippen LogP contribution in [-0.2, 0) is 0 Å². The Bertz CT molecular complexity index is 507. The molecule has 2 amide bonds. The van der Waals surface area contributed by atoms with Gasteiger partial charge in [0.05, 0.1) is 6.04 Å². The molecule has 2 heterocycles. The number of hydrogen-bond donors (Lipinski definition) is 2. The quantitative estimate of drug-likeness (QED) is 0.789. The molecule has 0 aliphatic carbocycles. The number of aliphatic hydroxyl groups excluding tert-OH is 1. The summed E-state index contributed by atoms with van der Waals surface area (Å²) in [6.07, 6.45) is 9.75. The number of pyridine rings is 1. The molecular formula is C20H33N3O2.